The molecule has 0 aromatic carbocycles. The van der Waals surface area contributed by atoms with Gasteiger partial charge in [-0.2, -0.15) is 0 Å². The molecule has 1 aromatic heterocycles. The Hall–Kier alpha value is -1.58. The van der Waals surface area contributed by atoms with Crippen molar-refractivity contribution in [3.05, 3.63) is 12.3 Å². The van der Waals surface area contributed by atoms with Crippen molar-refractivity contribution in [1.29, 1.82) is 0 Å². The number of hydrogen-bond acceptors (Lipinski definition) is 4. The fourth-order valence-corrected chi connectivity index (χ4v) is 1.00. The monoisotopic (exact) mass is 179 g/mol. The minimum absolute atomic E-state index is 0.688. The molecule has 4 heteroatoms. The lowest BCUT2D eigenvalue weighted by atomic mass is 10.3. The van der Waals surface area contributed by atoms with E-state index in [-0.39, 0.29) is 0 Å². The largest absolute Gasteiger partial charge is 0.495 e. The second-order valence-electron chi connectivity index (χ2n) is 2.77. The van der Waals surface area contributed by atoms with Gasteiger partial charge in [0.15, 0.2) is 5.82 Å². The van der Waals surface area contributed by atoms with E-state index in [1.54, 1.807) is 19.4 Å². The van der Waals surface area contributed by atoms with Gasteiger partial charge in [-0.3, -0.25) is 4.99 Å². The number of aromatic nitrogens is 1. The molecule has 0 aliphatic carbocycles. The first-order valence-corrected chi connectivity index (χ1v) is 3.87. The molecular weight excluding hydrogens is 166 g/mol. The predicted molar refractivity (Wildman–Crippen MR) is 54.3 cm³/mol. The van der Waals surface area contributed by atoms with Crippen LogP contribution in [0, 0.1) is 0 Å². The summed E-state index contributed by atoms with van der Waals surface area (Å²) in [5.74, 6) is 1.48. The summed E-state index contributed by atoms with van der Waals surface area (Å²) in [5, 5.41) is 0. The fourth-order valence-electron chi connectivity index (χ4n) is 1.00. The highest BCUT2D eigenvalue weighted by Gasteiger charge is 2.05. The van der Waals surface area contributed by atoms with Crippen molar-refractivity contribution in [3.8, 4) is 5.75 Å². The van der Waals surface area contributed by atoms with Gasteiger partial charge in [-0.05, 0) is 6.72 Å². The van der Waals surface area contributed by atoms with Crippen LogP contribution in [0.4, 0.5) is 11.5 Å². The molecule has 0 fully saturated rings. The van der Waals surface area contributed by atoms with Crippen LogP contribution in [0.5, 0.6) is 5.75 Å². The molecule has 1 rings (SSSR count). The Bertz CT molecular complexity index is 310. The van der Waals surface area contributed by atoms with Gasteiger partial charge in [-0.25, -0.2) is 4.98 Å². The lowest BCUT2D eigenvalue weighted by Gasteiger charge is -2.13. The second kappa shape index (κ2) is 3.89. The highest BCUT2D eigenvalue weighted by atomic mass is 16.5. The van der Waals surface area contributed by atoms with Gasteiger partial charge in [0, 0.05) is 20.2 Å². The quantitative estimate of drug-likeness (QED) is 0.660. The van der Waals surface area contributed by atoms with E-state index in [0.29, 0.717) is 5.75 Å². The third-order valence-corrected chi connectivity index (χ3v) is 1.65. The van der Waals surface area contributed by atoms with Gasteiger partial charge < -0.3 is 9.64 Å². The van der Waals surface area contributed by atoms with Gasteiger partial charge in [0.1, 0.15) is 11.4 Å². The number of rotatable bonds is 3. The Kier molecular flexibility index (Phi) is 2.84. The normalized spacial score (nSPS) is 9.46. The van der Waals surface area contributed by atoms with Gasteiger partial charge in [0.05, 0.1) is 13.3 Å². The highest BCUT2D eigenvalue weighted by Crippen LogP contribution is 2.27. The van der Waals surface area contributed by atoms with Crippen LogP contribution >= 0.6 is 0 Å². The zero-order valence-electron chi connectivity index (χ0n) is 8.11. The molecule has 0 atom stereocenters. The Labute approximate surface area is 77.9 Å². The minimum Gasteiger partial charge on any atom is -0.495 e. The van der Waals surface area contributed by atoms with E-state index >= 15 is 0 Å². The van der Waals surface area contributed by atoms with Crippen LogP contribution in [0.3, 0.4) is 0 Å². The summed E-state index contributed by atoms with van der Waals surface area (Å²) >= 11 is 0. The number of aliphatic imine (C=N–C) groups is 1. The highest BCUT2D eigenvalue weighted by molar-refractivity contribution is 5.65. The van der Waals surface area contributed by atoms with E-state index < -0.39 is 0 Å². The average Bonchev–Trinajstić information content (AvgIpc) is 2.16. The molecule has 0 bridgehead atoms. The van der Waals surface area contributed by atoms with Crippen LogP contribution in [0.1, 0.15) is 0 Å². The number of methoxy groups -OCH3 is 1. The van der Waals surface area contributed by atoms with E-state index in [0.717, 1.165) is 11.5 Å². The molecule has 0 saturated carbocycles. The molecule has 13 heavy (non-hydrogen) atoms. The molecule has 70 valence electrons. The summed E-state index contributed by atoms with van der Waals surface area (Å²) in [7, 11) is 5.41. The fraction of sp³-hybridized carbons (Fsp3) is 0.333. The molecule has 0 amide bonds. The smallest absolute Gasteiger partial charge is 0.154 e. The van der Waals surface area contributed by atoms with Crippen molar-refractivity contribution in [2.24, 2.45) is 4.99 Å². The van der Waals surface area contributed by atoms with E-state index in [4.69, 9.17) is 4.74 Å². The predicted octanol–water partition coefficient (Wildman–Crippen LogP) is 1.49. The molecule has 0 aliphatic heterocycles. The van der Waals surface area contributed by atoms with E-state index in [1.165, 1.54) is 0 Å². The molecule has 0 radical (unpaired) electrons. The van der Waals surface area contributed by atoms with Crippen LogP contribution in [0.2, 0.25) is 0 Å². The van der Waals surface area contributed by atoms with E-state index in [2.05, 4.69) is 16.7 Å². The maximum atomic E-state index is 5.02. The van der Waals surface area contributed by atoms with Crippen molar-refractivity contribution in [2.75, 3.05) is 26.1 Å². The molecule has 0 unspecified atom stereocenters. The maximum Gasteiger partial charge on any atom is 0.154 e. The summed E-state index contributed by atoms with van der Waals surface area (Å²) < 4.78 is 5.02. The van der Waals surface area contributed by atoms with Gasteiger partial charge in [0.2, 0.25) is 0 Å². The Balaban J connectivity index is 3.15. The van der Waals surface area contributed by atoms with Gasteiger partial charge in [-0.1, -0.05) is 0 Å². The number of ether oxygens (including phenoxy) is 1. The van der Waals surface area contributed by atoms with Crippen molar-refractivity contribution < 1.29 is 4.74 Å². The lowest BCUT2D eigenvalue weighted by Crippen LogP contribution is -2.10. The van der Waals surface area contributed by atoms with E-state index in [9.17, 15) is 0 Å². The summed E-state index contributed by atoms with van der Waals surface area (Å²) in [4.78, 5) is 9.93. The Morgan fingerprint density at radius 2 is 2.23 bits per heavy atom. The number of pyridine rings is 1. The van der Waals surface area contributed by atoms with Crippen LogP contribution in [-0.2, 0) is 0 Å². The van der Waals surface area contributed by atoms with Crippen LogP contribution in [0.25, 0.3) is 0 Å². The third kappa shape index (κ3) is 1.96. The molecule has 0 saturated heterocycles. The van der Waals surface area contributed by atoms with Gasteiger partial charge in [-0.15, -0.1) is 0 Å². The minimum atomic E-state index is 0.688. The Morgan fingerprint density at radius 3 is 2.69 bits per heavy atom. The van der Waals surface area contributed by atoms with Crippen molar-refractivity contribution in [1.82, 2.24) is 4.98 Å². The topological polar surface area (TPSA) is 37.7 Å². The zero-order valence-corrected chi connectivity index (χ0v) is 8.11. The summed E-state index contributed by atoms with van der Waals surface area (Å²) in [5.41, 5.74) is 0.726. The molecule has 0 N–H and O–H groups in total. The van der Waals surface area contributed by atoms with Crippen LogP contribution < -0.4 is 9.64 Å². The summed E-state index contributed by atoms with van der Waals surface area (Å²) in [6.45, 7) is 3.48. The van der Waals surface area contributed by atoms with Gasteiger partial charge >= 0.3 is 0 Å². The number of hydrogen-bond donors (Lipinski definition) is 0. The van der Waals surface area contributed by atoms with E-state index in [1.807, 2.05) is 19.0 Å². The van der Waals surface area contributed by atoms with Crippen molar-refractivity contribution >= 4 is 18.2 Å². The summed E-state index contributed by atoms with van der Waals surface area (Å²) in [6, 6.07) is 1.80. The first kappa shape index (κ1) is 9.51. The first-order chi connectivity index (χ1) is 6.19. The first-order valence-electron chi connectivity index (χ1n) is 3.87. The van der Waals surface area contributed by atoms with Crippen LogP contribution in [0.15, 0.2) is 17.3 Å². The molecular formula is C9H13N3O. The zero-order chi connectivity index (χ0) is 9.84. The molecule has 1 aromatic rings. The van der Waals surface area contributed by atoms with Crippen molar-refractivity contribution in [2.45, 2.75) is 0 Å². The molecule has 4 nitrogen and oxygen atoms in total. The second-order valence-corrected chi connectivity index (χ2v) is 2.77. The Morgan fingerprint density at radius 1 is 1.54 bits per heavy atom. The summed E-state index contributed by atoms with van der Waals surface area (Å²) in [6.07, 6.45) is 1.66. The average molecular weight is 179 g/mol. The molecule has 0 aliphatic rings. The number of nitrogens with zero attached hydrogens (tertiary/aromatic N) is 3. The lowest BCUT2D eigenvalue weighted by molar-refractivity contribution is 0.413. The maximum absolute atomic E-state index is 5.02. The van der Waals surface area contributed by atoms with Gasteiger partial charge in [0.25, 0.3) is 0 Å². The molecule has 1 heterocycles. The van der Waals surface area contributed by atoms with Crippen LogP contribution in [-0.4, -0.2) is 32.9 Å². The third-order valence-electron chi connectivity index (χ3n) is 1.65. The molecule has 0 spiro atoms. The van der Waals surface area contributed by atoms with Crippen molar-refractivity contribution in [3.63, 3.8) is 0 Å². The standard InChI is InChI=1S/C9H13N3O/c1-10-8-5-7(13-4)6-11-9(8)12(2)3/h5-6H,1H2,2-4H3. The number of anilines is 1. The SMILES string of the molecule is C=Nc1cc(OC)cnc1N(C)C.